The molecule has 0 unspecified atom stereocenters. The van der Waals surface area contributed by atoms with Crippen LogP contribution in [0.5, 0.6) is 11.5 Å². The molecule has 2 heterocycles. The second kappa shape index (κ2) is 9.84. The van der Waals surface area contributed by atoms with E-state index in [0.29, 0.717) is 25.3 Å². The van der Waals surface area contributed by atoms with Crippen molar-refractivity contribution < 1.29 is 17.9 Å². The predicted molar refractivity (Wildman–Crippen MR) is 143 cm³/mol. The van der Waals surface area contributed by atoms with Crippen molar-refractivity contribution >= 4 is 26.5 Å². The number of aromatic nitrogens is 1. The number of fused-ring (bicyclic) bond motifs is 1. The van der Waals surface area contributed by atoms with Crippen molar-refractivity contribution in [2.24, 2.45) is 0 Å². The zero-order valence-electron chi connectivity index (χ0n) is 20.8. The lowest BCUT2D eigenvalue weighted by atomic mass is 9.97. The summed E-state index contributed by atoms with van der Waals surface area (Å²) < 4.78 is 40.8. The van der Waals surface area contributed by atoms with Crippen molar-refractivity contribution in [3.05, 3.63) is 95.7 Å². The van der Waals surface area contributed by atoms with Crippen molar-refractivity contribution in [1.29, 1.82) is 0 Å². The number of hydrogen-bond acceptors (Lipinski definition) is 4. The van der Waals surface area contributed by atoms with Gasteiger partial charge in [0.05, 0.1) is 19.1 Å². The van der Waals surface area contributed by atoms with Crippen molar-refractivity contribution in [3.8, 4) is 11.5 Å². The Morgan fingerprint density at radius 1 is 0.861 bits per heavy atom. The van der Waals surface area contributed by atoms with Gasteiger partial charge in [-0.2, -0.15) is 4.31 Å². The Morgan fingerprint density at radius 2 is 1.50 bits per heavy atom. The molecular formula is C29H30N2O4S. The third kappa shape index (κ3) is 4.40. The maximum Gasteiger partial charge on any atom is 0.243 e. The summed E-state index contributed by atoms with van der Waals surface area (Å²) in [5.74, 6) is 1.48. The lowest BCUT2D eigenvalue weighted by Crippen LogP contribution is -2.34. The van der Waals surface area contributed by atoms with Gasteiger partial charge in [-0.05, 0) is 66.9 Å². The highest BCUT2D eigenvalue weighted by Gasteiger charge is 2.28. The van der Waals surface area contributed by atoms with E-state index in [0.717, 1.165) is 12.3 Å². The number of sulfonamides is 1. The maximum atomic E-state index is 13.2. The Bertz CT molecular complexity index is 1520. The first kappa shape index (κ1) is 24.2. The topological polar surface area (TPSA) is 60.8 Å². The molecule has 0 saturated heterocycles. The van der Waals surface area contributed by atoms with Crippen LogP contribution in [0, 0.1) is 6.92 Å². The van der Waals surface area contributed by atoms with Crippen LogP contribution in [0.3, 0.4) is 0 Å². The zero-order chi connectivity index (χ0) is 25.3. The fraction of sp³-hybridized carbons (Fsp3) is 0.241. The number of hydrogen-bond donors (Lipinski definition) is 0. The fourth-order valence-corrected chi connectivity index (χ4v) is 6.33. The summed E-state index contributed by atoms with van der Waals surface area (Å²) in [7, 11) is -0.330. The van der Waals surface area contributed by atoms with Gasteiger partial charge in [0, 0.05) is 41.8 Å². The summed E-state index contributed by atoms with van der Waals surface area (Å²) in [5.41, 5.74) is 5.96. The molecule has 0 amide bonds. The number of nitrogens with zero attached hydrogens (tertiary/aromatic N) is 2. The van der Waals surface area contributed by atoms with E-state index in [1.54, 1.807) is 42.8 Å². The summed E-state index contributed by atoms with van der Waals surface area (Å²) in [5, 5.41) is 1.20. The van der Waals surface area contributed by atoms with Crippen molar-refractivity contribution in [3.63, 3.8) is 0 Å². The van der Waals surface area contributed by atoms with E-state index in [2.05, 4.69) is 54.0 Å². The molecule has 1 aliphatic rings. The van der Waals surface area contributed by atoms with Crippen molar-refractivity contribution in [2.45, 2.75) is 24.8 Å². The molecule has 0 saturated carbocycles. The molecule has 0 bridgehead atoms. The number of ether oxygens (including phenoxy) is 2. The summed E-state index contributed by atoms with van der Waals surface area (Å²) in [4.78, 5) is 0.285. The standard InChI is InChI=1S/C29H30N2O4S/c1-21-29(23-16-18-30(19-17-23)36(32,33)26-14-12-25(35-3)13-15-26)27-6-4-5-7-28(27)31(21)20-22-8-10-24(34-2)11-9-22/h4-16H,17-20H2,1-3H3. The van der Waals surface area contributed by atoms with E-state index in [9.17, 15) is 8.42 Å². The smallest absolute Gasteiger partial charge is 0.243 e. The van der Waals surface area contributed by atoms with Crippen LogP contribution in [0.4, 0.5) is 0 Å². The van der Waals surface area contributed by atoms with E-state index in [1.807, 2.05) is 12.1 Å². The van der Waals surface area contributed by atoms with Gasteiger partial charge in [-0.1, -0.05) is 36.4 Å². The second-order valence-electron chi connectivity index (χ2n) is 8.93. The highest BCUT2D eigenvalue weighted by atomic mass is 32.2. The molecule has 5 rings (SSSR count). The third-order valence-corrected chi connectivity index (χ3v) is 8.80. The average Bonchev–Trinajstić information content (AvgIpc) is 3.20. The summed E-state index contributed by atoms with van der Waals surface area (Å²) in [6.07, 6.45) is 2.73. The largest absolute Gasteiger partial charge is 0.497 e. The Morgan fingerprint density at radius 3 is 2.11 bits per heavy atom. The molecule has 4 aromatic rings. The molecule has 36 heavy (non-hydrogen) atoms. The Balaban J connectivity index is 1.45. The average molecular weight is 503 g/mol. The lowest BCUT2D eigenvalue weighted by molar-refractivity contribution is 0.414. The zero-order valence-corrected chi connectivity index (χ0v) is 21.6. The summed E-state index contributed by atoms with van der Waals surface area (Å²) in [6, 6.07) is 23.2. The highest BCUT2D eigenvalue weighted by Crippen LogP contribution is 2.36. The van der Waals surface area contributed by atoms with E-state index in [-0.39, 0.29) is 4.90 Å². The lowest BCUT2D eigenvalue weighted by Gasteiger charge is -2.26. The molecule has 0 fully saturated rings. The second-order valence-corrected chi connectivity index (χ2v) is 10.9. The molecule has 1 aliphatic heterocycles. The van der Waals surface area contributed by atoms with Gasteiger partial charge >= 0.3 is 0 Å². The minimum absolute atomic E-state index is 0.285. The number of rotatable bonds is 7. The third-order valence-electron chi connectivity index (χ3n) is 6.92. The van der Waals surface area contributed by atoms with Crippen LogP contribution in [-0.2, 0) is 16.6 Å². The summed E-state index contributed by atoms with van der Waals surface area (Å²) >= 11 is 0. The molecule has 186 valence electrons. The SMILES string of the molecule is COc1ccc(Cn2c(C)c(C3=CCN(S(=O)(=O)c4ccc(OC)cc4)CC3)c3ccccc32)cc1. The van der Waals surface area contributed by atoms with E-state index >= 15 is 0 Å². The van der Waals surface area contributed by atoms with Crippen LogP contribution in [-0.4, -0.2) is 44.6 Å². The Kier molecular flexibility index (Phi) is 6.60. The first-order chi connectivity index (χ1) is 17.4. The van der Waals surface area contributed by atoms with Gasteiger partial charge in [-0.15, -0.1) is 0 Å². The van der Waals surface area contributed by atoms with Crippen LogP contribution in [0.15, 0.2) is 83.8 Å². The van der Waals surface area contributed by atoms with Crippen LogP contribution in [0.1, 0.15) is 23.2 Å². The van der Waals surface area contributed by atoms with Crippen LogP contribution < -0.4 is 9.47 Å². The maximum absolute atomic E-state index is 13.2. The van der Waals surface area contributed by atoms with Crippen molar-refractivity contribution in [1.82, 2.24) is 8.87 Å². The predicted octanol–water partition coefficient (Wildman–Crippen LogP) is 5.49. The first-order valence-electron chi connectivity index (χ1n) is 12.0. The van der Waals surface area contributed by atoms with Crippen LogP contribution in [0.2, 0.25) is 0 Å². The number of methoxy groups -OCH3 is 2. The summed E-state index contributed by atoms with van der Waals surface area (Å²) in [6.45, 7) is 3.69. The fourth-order valence-electron chi connectivity index (χ4n) is 4.95. The molecule has 7 heteroatoms. The molecule has 0 radical (unpaired) electrons. The van der Waals surface area contributed by atoms with Crippen LogP contribution in [0.25, 0.3) is 16.5 Å². The van der Waals surface area contributed by atoms with E-state index < -0.39 is 10.0 Å². The van der Waals surface area contributed by atoms with Crippen molar-refractivity contribution in [2.75, 3.05) is 27.3 Å². The molecule has 0 N–H and O–H groups in total. The molecule has 1 aromatic heterocycles. The van der Waals surface area contributed by atoms with E-state index in [4.69, 9.17) is 9.47 Å². The molecule has 0 aliphatic carbocycles. The molecular weight excluding hydrogens is 472 g/mol. The van der Waals surface area contributed by atoms with Gasteiger partial charge in [0.2, 0.25) is 10.0 Å². The van der Waals surface area contributed by atoms with Gasteiger partial charge in [0.25, 0.3) is 0 Å². The molecule has 3 aromatic carbocycles. The van der Waals surface area contributed by atoms with E-state index in [1.165, 1.54) is 33.3 Å². The number of para-hydroxylation sites is 1. The monoisotopic (exact) mass is 502 g/mol. The van der Waals surface area contributed by atoms with Crippen LogP contribution >= 0.6 is 0 Å². The Hall–Kier alpha value is -3.55. The molecule has 0 atom stereocenters. The normalized spacial score (nSPS) is 14.6. The quantitative estimate of drug-likeness (QED) is 0.335. The minimum Gasteiger partial charge on any atom is -0.497 e. The molecule has 0 spiro atoms. The highest BCUT2D eigenvalue weighted by molar-refractivity contribution is 7.89. The minimum atomic E-state index is -3.57. The number of benzene rings is 3. The van der Waals surface area contributed by atoms with Gasteiger partial charge in [-0.25, -0.2) is 8.42 Å². The van der Waals surface area contributed by atoms with Gasteiger partial charge < -0.3 is 14.0 Å². The van der Waals surface area contributed by atoms with Gasteiger partial charge in [0.15, 0.2) is 0 Å². The van der Waals surface area contributed by atoms with Gasteiger partial charge in [0.1, 0.15) is 11.5 Å². The Labute approximate surface area is 212 Å². The van der Waals surface area contributed by atoms with Gasteiger partial charge in [-0.3, -0.25) is 0 Å². The first-order valence-corrected chi connectivity index (χ1v) is 13.4. The molecule has 6 nitrogen and oxygen atoms in total.